The first kappa shape index (κ1) is 14.6. The van der Waals surface area contributed by atoms with E-state index in [4.69, 9.17) is 0 Å². The van der Waals surface area contributed by atoms with Crippen LogP contribution < -0.4 is 5.32 Å². The van der Waals surface area contributed by atoms with Crippen molar-refractivity contribution in [1.29, 1.82) is 0 Å². The average Bonchev–Trinajstić information content (AvgIpc) is 2.96. The lowest BCUT2D eigenvalue weighted by molar-refractivity contribution is 0.474. The molecule has 1 atom stereocenters. The molecule has 1 heterocycles. The summed E-state index contributed by atoms with van der Waals surface area (Å²) < 4.78 is 2.10. The molecule has 2 aromatic rings. The largest absolute Gasteiger partial charge is 0.508 e. The molecule has 0 fully saturated rings. The number of phenolic OH excluding ortho intramolecular Hbond substituents is 1. The Balaban J connectivity index is 1.58. The molecule has 4 heteroatoms. The molecular formula is C16H23N3O. The lowest BCUT2D eigenvalue weighted by Gasteiger charge is -2.14. The number of nitrogens with zero attached hydrogens (tertiary/aromatic N) is 2. The molecule has 108 valence electrons. The summed E-state index contributed by atoms with van der Waals surface area (Å²) in [6, 6.07) is 7.98. The molecule has 0 saturated heterocycles. The molecular weight excluding hydrogens is 250 g/mol. The predicted molar refractivity (Wildman–Crippen MR) is 80.7 cm³/mol. The highest BCUT2D eigenvalue weighted by atomic mass is 16.3. The molecule has 1 unspecified atom stereocenters. The molecule has 0 aliphatic carbocycles. The minimum atomic E-state index is 0.333. The van der Waals surface area contributed by atoms with Crippen LogP contribution in [-0.2, 0) is 13.0 Å². The van der Waals surface area contributed by atoms with E-state index in [9.17, 15) is 5.11 Å². The number of imidazole rings is 1. The number of aromatic nitrogens is 2. The van der Waals surface area contributed by atoms with E-state index in [1.807, 2.05) is 30.9 Å². The van der Waals surface area contributed by atoms with Crippen molar-refractivity contribution in [2.45, 2.75) is 38.8 Å². The summed E-state index contributed by atoms with van der Waals surface area (Å²) in [6.07, 6.45) is 8.92. The van der Waals surface area contributed by atoms with Crippen molar-refractivity contribution in [2.75, 3.05) is 6.54 Å². The monoisotopic (exact) mass is 273 g/mol. The molecule has 0 aliphatic heterocycles. The number of benzene rings is 1. The topological polar surface area (TPSA) is 50.1 Å². The normalized spacial score (nSPS) is 12.4. The van der Waals surface area contributed by atoms with E-state index in [-0.39, 0.29) is 0 Å². The summed E-state index contributed by atoms with van der Waals surface area (Å²) in [6.45, 7) is 4.25. The number of rotatable bonds is 8. The smallest absolute Gasteiger partial charge is 0.115 e. The third kappa shape index (κ3) is 5.05. The molecule has 0 aliphatic rings. The number of aromatic hydroxyl groups is 1. The van der Waals surface area contributed by atoms with Gasteiger partial charge in [0.2, 0.25) is 0 Å². The molecule has 4 nitrogen and oxygen atoms in total. The van der Waals surface area contributed by atoms with Gasteiger partial charge in [0.05, 0.1) is 6.33 Å². The number of aryl methyl sites for hydroxylation is 2. The van der Waals surface area contributed by atoms with Crippen molar-refractivity contribution in [1.82, 2.24) is 14.9 Å². The van der Waals surface area contributed by atoms with Crippen LogP contribution in [0, 0.1) is 0 Å². The van der Waals surface area contributed by atoms with Gasteiger partial charge in [0.25, 0.3) is 0 Å². The van der Waals surface area contributed by atoms with Gasteiger partial charge < -0.3 is 15.0 Å². The Bertz CT molecular complexity index is 479. The maximum absolute atomic E-state index is 9.24. The molecule has 1 aromatic carbocycles. The molecule has 2 N–H and O–H groups in total. The second-order valence-corrected chi connectivity index (χ2v) is 5.21. The van der Waals surface area contributed by atoms with Gasteiger partial charge in [0, 0.05) is 25.0 Å². The Morgan fingerprint density at radius 2 is 2.10 bits per heavy atom. The Hall–Kier alpha value is -1.81. The zero-order chi connectivity index (χ0) is 14.2. The highest BCUT2D eigenvalue weighted by Crippen LogP contribution is 2.11. The summed E-state index contributed by atoms with van der Waals surface area (Å²) >= 11 is 0. The quantitative estimate of drug-likeness (QED) is 0.727. The molecule has 2 rings (SSSR count). The average molecular weight is 273 g/mol. The van der Waals surface area contributed by atoms with Crippen LogP contribution in [0.15, 0.2) is 43.0 Å². The first-order chi connectivity index (χ1) is 9.74. The van der Waals surface area contributed by atoms with Gasteiger partial charge in [-0.2, -0.15) is 0 Å². The minimum Gasteiger partial charge on any atom is -0.508 e. The summed E-state index contributed by atoms with van der Waals surface area (Å²) in [5.74, 6) is 0.333. The molecule has 0 saturated carbocycles. The Kier molecular flexibility index (Phi) is 5.62. The highest BCUT2D eigenvalue weighted by Gasteiger charge is 2.02. The number of nitrogens with one attached hydrogen (secondary N) is 1. The van der Waals surface area contributed by atoms with E-state index in [0.29, 0.717) is 11.8 Å². The van der Waals surface area contributed by atoms with Crippen LogP contribution >= 0.6 is 0 Å². The molecule has 0 bridgehead atoms. The van der Waals surface area contributed by atoms with Gasteiger partial charge in [-0.1, -0.05) is 12.1 Å². The van der Waals surface area contributed by atoms with Crippen LogP contribution in [0.5, 0.6) is 5.75 Å². The van der Waals surface area contributed by atoms with Crippen molar-refractivity contribution < 1.29 is 5.11 Å². The standard InChI is InChI=1S/C16H23N3O/c1-14(3-4-15-5-7-16(20)8-6-15)18-9-2-11-19-12-10-17-13-19/h5-8,10,12-14,18,20H,2-4,9,11H2,1H3. The van der Waals surface area contributed by atoms with Crippen LogP contribution in [0.2, 0.25) is 0 Å². The Morgan fingerprint density at radius 3 is 2.80 bits per heavy atom. The zero-order valence-electron chi connectivity index (χ0n) is 12.0. The van der Waals surface area contributed by atoms with Crippen molar-refractivity contribution >= 4 is 0 Å². The van der Waals surface area contributed by atoms with E-state index >= 15 is 0 Å². The summed E-state index contributed by atoms with van der Waals surface area (Å²) in [4.78, 5) is 4.03. The maximum Gasteiger partial charge on any atom is 0.115 e. The van der Waals surface area contributed by atoms with Crippen molar-refractivity contribution in [3.05, 3.63) is 48.5 Å². The van der Waals surface area contributed by atoms with Crippen LogP contribution in [0.3, 0.4) is 0 Å². The molecule has 0 spiro atoms. The third-order valence-electron chi connectivity index (χ3n) is 3.45. The van der Waals surface area contributed by atoms with Gasteiger partial charge in [-0.05, 0) is 50.4 Å². The van der Waals surface area contributed by atoms with Gasteiger partial charge in [-0.25, -0.2) is 4.98 Å². The van der Waals surface area contributed by atoms with E-state index in [2.05, 4.69) is 21.8 Å². The second kappa shape index (κ2) is 7.70. The van der Waals surface area contributed by atoms with E-state index in [0.717, 1.165) is 32.4 Å². The van der Waals surface area contributed by atoms with E-state index in [1.54, 1.807) is 12.1 Å². The molecule has 20 heavy (non-hydrogen) atoms. The summed E-state index contributed by atoms with van der Waals surface area (Å²) in [5.41, 5.74) is 1.27. The first-order valence-corrected chi connectivity index (χ1v) is 7.21. The van der Waals surface area contributed by atoms with Gasteiger partial charge in [-0.3, -0.25) is 0 Å². The fourth-order valence-electron chi connectivity index (χ4n) is 2.18. The Labute approximate surface area is 120 Å². The van der Waals surface area contributed by atoms with E-state index in [1.165, 1.54) is 5.56 Å². The summed E-state index contributed by atoms with van der Waals surface area (Å²) in [5, 5.41) is 12.8. The van der Waals surface area contributed by atoms with E-state index < -0.39 is 0 Å². The fraction of sp³-hybridized carbons (Fsp3) is 0.438. The molecule has 1 aromatic heterocycles. The minimum absolute atomic E-state index is 0.333. The second-order valence-electron chi connectivity index (χ2n) is 5.21. The first-order valence-electron chi connectivity index (χ1n) is 7.21. The van der Waals surface area contributed by atoms with Crippen molar-refractivity contribution in [3.63, 3.8) is 0 Å². The molecule has 0 amide bonds. The lowest BCUT2D eigenvalue weighted by Crippen LogP contribution is -2.28. The van der Waals surface area contributed by atoms with Gasteiger partial charge >= 0.3 is 0 Å². The van der Waals surface area contributed by atoms with Crippen LogP contribution in [-0.4, -0.2) is 27.2 Å². The van der Waals surface area contributed by atoms with Gasteiger partial charge in [-0.15, -0.1) is 0 Å². The highest BCUT2D eigenvalue weighted by molar-refractivity contribution is 5.25. The van der Waals surface area contributed by atoms with Gasteiger partial charge in [0.15, 0.2) is 0 Å². The molecule has 0 radical (unpaired) electrons. The van der Waals surface area contributed by atoms with Gasteiger partial charge in [0.1, 0.15) is 5.75 Å². The van der Waals surface area contributed by atoms with Crippen LogP contribution in [0.25, 0.3) is 0 Å². The lowest BCUT2D eigenvalue weighted by atomic mass is 10.1. The SMILES string of the molecule is CC(CCc1ccc(O)cc1)NCCCn1ccnc1. The maximum atomic E-state index is 9.24. The van der Waals surface area contributed by atoms with Crippen LogP contribution in [0.1, 0.15) is 25.3 Å². The predicted octanol–water partition coefficient (Wildman–Crippen LogP) is 2.59. The summed E-state index contributed by atoms with van der Waals surface area (Å²) in [7, 11) is 0. The van der Waals surface area contributed by atoms with Crippen molar-refractivity contribution in [3.8, 4) is 5.75 Å². The van der Waals surface area contributed by atoms with Crippen molar-refractivity contribution in [2.24, 2.45) is 0 Å². The zero-order valence-corrected chi connectivity index (χ0v) is 12.0. The Morgan fingerprint density at radius 1 is 1.30 bits per heavy atom. The number of hydrogen-bond donors (Lipinski definition) is 2. The number of phenols is 1. The fourth-order valence-corrected chi connectivity index (χ4v) is 2.18. The van der Waals surface area contributed by atoms with Crippen LogP contribution in [0.4, 0.5) is 0 Å². The third-order valence-corrected chi connectivity index (χ3v) is 3.45. The number of hydrogen-bond acceptors (Lipinski definition) is 3.